The lowest BCUT2D eigenvalue weighted by Gasteiger charge is -2.35. The maximum absolute atomic E-state index is 12.7. The van der Waals surface area contributed by atoms with E-state index in [-0.39, 0.29) is 17.6 Å². The summed E-state index contributed by atoms with van der Waals surface area (Å²) in [5.41, 5.74) is 2.67. The average molecular weight is 343 g/mol. The summed E-state index contributed by atoms with van der Waals surface area (Å²) in [6.07, 6.45) is 0. The lowest BCUT2D eigenvalue weighted by Crippen LogP contribution is -2.51. The Bertz CT molecular complexity index is 851. The predicted octanol–water partition coefficient (Wildman–Crippen LogP) is 1.98. The van der Waals surface area contributed by atoms with E-state index < -0.39 is 0 Å². The van der Waals surface area contributed by atoms with Crippen LogP contribution in [0.5, 0.6) is 0 Å². The van der Waals surface area contributed by atoms with Gasteiger partial charge in [-0.15, -0.1) is 0 Å². The van der Waals surface area contributed by atoms with Gasteiger partial charge >= 0.3 is 5.63 Å². The molecule has 0 radical (unpaired) electrons. The van der Waals surface area contributed by atoms with Crippen molar-refractivity contribution in [2.24, 2.45) is 0 Å². The molecule has 3 rings (SSSR count). The minimum Gasteiger partial charge on any atom is -0.423 e. The van der Waals surface area contributed by atoms with Crippen LogP contribution in [0.15, 0.2) is 27.4 Å². The Labute approximate surface area is 147 Å². The number of carbonyl (C=O) groups is 1. The minimum absolute atomic E-state index is 0.0120. The Morgan fingerprint density at radius 1 is 1.12 bits per heavy atom. The molecule has 0 bridgehead atoms. The smallest absolute Gasteiger partial charge is 0.336 e. The third-order valence-corrected chi connectivity index (χ3v) is 5.02. The number of anilines is 1. The highest BCUT2D eigenvalue weighted by atomic mass is 16.4. The molecule has 25 heavy (non-hydrogen) atoms. The van der Waals surface area contributed by atoms with Crippen LogP contribution in [0.2, 0.25) is 0 Å². The van der Waals surface area contributed by atoms with Crippen molar-refractivity contribution in [3.8, 4) is 0 Å². The van der Waals surface area contributed by atoms with Crippen molar-refractivity contribution in [1.82, 2.24) is 9.80 Å². The Kier molecular flexibility index (Phi) is 4.92. The number of aryl methyl sites for hydroxylation is 2. The third kappa shape index (κ3) is 3.75. The van der Waals surface area contributed by atoms with E-state index in [1.165, 1.54) is 6.07 Å². The van der Waals surface area contributed by atoms with Gasteiger partial charge in [0, 0.05) is 43.3 Å². The van der Waals surface area contributed by atoms with Crippen LogP contribution in [-0.4, -0.2) is 55.0 Å². The average Bonchev–Trinajstić information content (AvgIpc) is 2.56. The first-order valence-corrected chi connectivity index (χ1v) is 8.63. The largest absolute Gasteiger partial charge is 0.423 e. The van der Waals surface area contributed by atoms with E-state index in [4.69, 9.17) is 4.42 Å². The first-order valence-electron chi connectivity index (χ1n) is 8.63. The standard InChI is InChI=1S/C19H25N3O3/c1-12-10-18(23)25-17-9-13(2)16(11-15(12)17)20-19(24)14(3)22-7-5-21(4)6-8-22/h9-11,14H,5-8H2,1-4H3,(H,20,24). The Hall–Kier alpha value is -2.18. The highest BCUT2D eigenvalue weighted by Crippen LogP contribution is 2.25. The maximum Gasteiger partial charge on any atom is 0.336 e. The van der Waals surface area contributed by atoms with Gasteiger partial charge < -0.3 is 14.6 Å². The molecule has 6 nitrogen and oxygen atoms in total. The highest BCUT2D eigenvalue weighted by Gasteiger charge is 2.24. The number of hydrogen-bond acceptors (Lipinski definition) is 5. The summed E-state index contributed by atoms with van der Waals surface area (Å²) in [5, 5.41) is 3.88. The van der Waals surface area contributed by atoms with E-state index in [1.54, 1.807) is 6.07 Å². The summed E-state index contributed by atoms with van der Waals surface area (Å²) < 4.78 is 5.25. The van der Waals surface area contributed by atoms with E-state index in [0.717, 1.165) is 48.4 Å². The number of benzene rings is 1. The quantitative estimate of drug-likeness (QED) is 0.864. The van der Waals surface area contributed by atoms with E-state index >= 15 is 0 Å². The summed E-state index contributed by atoms with van der Waals surface area (Å²) in [7, 11) is 2.10. The van der Waals surface area contributed by atoms with Gasteiger partial charge in [0.2, 0.25) is 5.91 Å². The van der Waals surface area contributed by atoms with Crippen molar-refractivity contribution in [2.45, 2.75) is 26.8 Å². The van der Waals surface area contributed by atoms with Crippen LogP contribution in [0.4, 0.5) is 5.69 Å². The lowest BCUT2D eigenvalue weighted by atomic mass is 10.1. The van der Waals surface area contributed by atoms with Gasteiger partial charge in [-0.1, -0.05) is 0 Å². The topological polar surface area (TPSA) is 65.8 Å². The Morgan fingerprint density at radius 2 is 1.80 bits per heavy atom. The molecule has 1 unspecified atom stereocenters. The summed E-state index contributed by atoms with van der Waals surface area (Å²) in [4.78, 5) is 28.7. The zero-order chi connectivity index (χ0) is 18.1. The van der Waals surface area contributed by atoms with Crippen molar-refractivity contribution in [3.05, 3.63) is 39.7 Å². The van der Waals surface area contributed by atoms with Gasteiger partial charge in [0.15, 0.2) is 0 Å². The number of rotatable bonds is 3. The van der Waals surface area contributed by atoms with Gasteiger partial charge in [0.05, 0.1) is 6.04 Å². The predicted molar refractivity (Wildman–Crippen MR) is 99.1 cm³/mol. The molecule has 134 valence electrons. The lowest BCUT2D eigenvalue weighted by molar-refractivity contribution is -0.121. The summed E-state index contributed by atoms with van der Waals surface area (Å²) >= 11 is 0. The van der Waals surface area contributed by atoms with Crippen LogP contribution in [0.25, 0.3) is 11.0 Å². The van der Waals surface area contributed by atoms with E-state index in [0.29, 0.717) is 5.58 Å². The van der Waals surface area contributed by atoms with Crippen molar-refractivity contribution >= 4 is 22.6 Å². The van der Waals surface area contributed by atoms with Gasteiger partial charge in [0.1, 0.15) is 5.58 Å². The first kappa shape index (κ1) is 17.6. The van der Waals surface area contributed by atoms with Crippen LogP contribution in [0.1, 0.15) is 18.1 Å². The fourth-order valence-corrected chi connectivity index (χ4v) is 3.21. The molecule has 1 aliphatic heterocycles. The van der Waals surface area contributed by atoms with Crippen molar-refractivity contribution < 1.29 is 9.21 Å². The van der Waals surface area contributed by atoms with Crippen LogP contribution in [0, 0.1) is 13.8 Å². The molecule has 0 saturated carbocycles. The molecular weight excluding hydrogens is 318 g/mol. The number of carbonyl (C=O) groups excluding carboxylic acids is 1. The molecule has 1 fully saturated rings. The molecule has 2 heterocycles. The second-order valence-electron chi connectivity index (χ2n) is 6.92. The van der Waals surface area contributed by atoms with Gasteiger partial charge in [-0.2, -0.15) is 0 Å². The van der Waals surface area contributed by atoms with E-state index in [2.05, 4.69) is 22.2 Å². The zero-order valence-electron chi connectivity index (χ0n) is 15.3. The number of nitrogens with zero attached hydrogens (tertiary/aromatic N) is 2. The molecule has 0 aliphatic carbocycles. The Morgan fingerprint density at radius 3 is 2.48 bits per heavy atom. The molecular formula is C19H25N3O3. The molecule has 2 aromatic rings. The first-order chi connectivity index (χ1) is 11.8. The molecule has 1 saturated heterocycles. The summed E-state index contributed by atoms with van der Waals surface area (Å²) in [6.45, 7) is 9.46. The second kappa shape index (κ2) is 6.98. The Balaban J connectivity index is 1.81. The van der Waals surface area contributed by atoms with Crippen LogP contribution < -0.4 is 10.9 Å². The van der Waals surface area contributed by atoms with E-state index in [9.17, 15) is 9.59 Å². The monoisotopic (exact) mass is 343 g/mol. The van der Waals surface area contributed by atoms with Gasteiger partial charge in [-0.05, 0) is 51.1 Å². The highest BCUT2D eigenvalue weighted by molar-refractivity contribution is 5.97. The molecule has 1 aromatic heterocycles. The molecule has 1 aromatic carbocycles. The number of amides is 1. The van der Waals surface area contributed by atoms with Crippen LogP contribution >= 0.6 is 0 Å². The fourth-order valence-electron chi connectivity index (χ4n) is 3.21. The normalized spacial score (nSPS) is 17.6. The summed E-state index contributed by atoms with van der Waals surface area (Å²) in [6, 6.07) is 4.98. The summed E-state index contributed by atoms with van der Waals surface area (Å²) in [5.74, 6) is -0.0120. The molecule has 1 amide bonds. The van der Waals surface area contributed by atoms with Crippen molar-refractivity contribution in [2.75, 3.05) is 38.5 Å². The van der Waals surface area contributed by atoms with E-state index in [1.807, 2.05) is 26.8 Å². The van der Waals surface area contributed by atoms with Crippen molar-refractivity contribution in [1.29, 1.82) is 0 Å². The number of nitrogens with one attached hydrogen (secondary N) is 1. The minimum atomic E-state index is -0.357. The maximum atomic E-state index is 12.7. The van der Waals surface area contributed by atoms with Crippen LogP contribution in [0.3, 0.4) is 0 Å². The fraction of sp³-hybridized carbons (Fsp3) is 0.474. The molecule has 6 heteroatoms. The number of piperazine rings is 1. The zero-order valence-corrected chi connectivity index (χ0v) is 15.3. The van der Waals surface area contributed by atoms with Gasteiger partial charge in [-0.25, -0.2) is 4.79 Å². The molecule has 1 N–H and O–H groups in total. The molecule has 1 atom stereocenters. The SMILES string of the molecule is Cc1cc2oc(=O)cc(C)c2cc1NC(=O)C(C)N1CCN(C)CC1. The number of likely N-dealkylation sites (N-methyl/N-ethyl adjacent to an activating group) is 1. The van der Waals surface area contributed by atoms with Gasteiger partial charge in [0.25, 0.3) is 0 Å². The van der Waals surface area contributed by atoms with Crippen LogP contribution in [-0.2, 0) is 4.79 Å². The molecule has 1 aliphatic rings. The molecule has 0 spiro atoms. The van der Waals surface area contributed by atoms with Crippen molar-refractivity contribution in [3.63, 3.8) is 0 Å². The second-order valence-corrected chi connectivity index (χ2v) is 6.92. The number of fused-ring (bicyclic) bond motifs is 1. The van der Waals surface area contributed by atoms with Gasteiger partial charge in [-0.3, -0.25) is 9.69 Å². The number of hydrogen-bond donors (Lipinski definition) is 1. The third-order valence-electron chi connectivity index (χ3n) is 5.02.